The molecule has 4 fully saturated rings. The zero-order valence-corrected chi connectivity index (χ0v) is 60.6. The van der Waals surface area contributed by atoms with Gasteiger partial charge in [-0.25, -0.2) is 9.97 Å². The quantitative estimate of drug-likeness (QED) is 0.00503. The zero-order chi connectivity index (χ0) is 61.3. The van der Waals surface area contributed by atoms with Gasteiger partial charge < -0.3 is 61.6 Å². The van der Waals surface area contributed by atoms with Crippen LogP contribution in [-0.4, -0.2) is 113 Å². The Morgan fingerprint density at radius 2 is 1.04 bits per heavy atom. The molecule has 6 aromatic rings. The number of nitrogens with one attached hydrogen (secondary N) is 4. The third-order valence-corrected chi connectivity index (χ3v) is 15.9. The number of aromatic hydroxyl groups is 1. The van der Waals surface area contributed by atoms with Crippen LogP contribution in [-0.2, 0) is 38.2 Å². The van der Waals surface area contributed by atoms with Crippen molar-refractivity contribution in [1.82, 2.24) is 39.0 Å². The molecule has 2 unspecified atom stereocenters. The number of carbonyl (C=O) groups is 3. The van der Waals surface area contributed by atoms with Crippen molar-refractivity contribution in [3.8, 4) is 11.5 Å². The largest absolute Gasteiger partial charge is 1.00 e. The molecule has 4 aliphatic rings. The van der Waals surface area contributed by atoms with Gasteiger partial charge in [0.2, 0.25) is 11.9 Å². The van der Waals surface area contributed by atoms with Gasteiger partial charge in [-0.15, -0.1) is 0 Å². The molecule has 2 saturated heterocycles. The molecule has 0 bridgehead atoms. The number of unbranched alkanes of at least 4 members (excludes halogenated alkanes) is 6. The summed E-state index contributed by atoms with van der Waals surface area (Å²) in [4.78, 5) is 62.2. The fourth-order valence-corrected chi connectivity index (χ4v) is 11.3. The van der Waals surface area contributed by atoms with Gasteiger partial charge in [0, 0.05) is 54.8 Å². The number of esters is 2. The molecule has 2 atom stereocenters. The number of halogens is 1. The van der Waals surface area contributed by atoms with E-state index in [2.05, 4.69) is 51.6 Å². The third kappa shape index (κ3) is 26.7. The predicted octanol–water partition coefficient (Wildman–Crippen LogP) is 7.08. The van der Waals surface area contributed by atoms with Crippen molar-refractivity contribution in [2.45, 2.75) is 205 Å². The molecule has 26 heteroatoms. The van der Waals surface area contributed by atoms with Crippen molar-refractivity contribution >= 4 is 91.6 Å². The third-order valence-electron chi connectivity index (χ3n) is 15.4. The van der Waals surface area contributed by atoms with E-state index in [-0.39, 0.29) is 141 Å². The molecule has 478 valence electrons. The molecule has 0 spiro atoms. The first-order valence-electron chi connectivity index (χ1n) is 31.6. The molecule has 2 aliphatic heterocycles. The van der Waals surface area contributed by atoms with E-state index in [0.717, 1.165) is 172 Å². The van der Waals surface area contributed by atoms with Crippen LogP contribution in [0.25, 0.3) is 22.3 Å². The minimum atomic E-state index is -0.181. The molecule has 2 aromatic carbocycles. The second-order valence-corrected chi connectivity index (χ2v) is 22.8. The first-order valence-corrected chi connectivity index (χ1v) is 32.7. The average molecular weight is 1350 g/mol. The first-order chi connectivity index (χ1) is 42.7. The summed E-state index contributed by atoms with van der Waals surface area (Å²) in [5, 5.41) is 33.0. The van der Waals surface area contributed by atoms with Gasteiger partial charge in [-0.2, -0.15) is 19.9 Å². The van der Waals surface area contributed by atoms with E-state index in [4.69, 9.17) is 58.7 Å². The van der Waals surface area contributed by atoms with Gasteiger partial charge in [0.1, 0.15) is 24.0 Å². The van der Waals surface area contributed by atoms with Crippen LogP contribution >= 0.6 is 15.9 Å². The number of nitrogens with zero attached hydrogens (tertiary/aromatic N) is 8. The van der Waals surface area contributed by atoms with Crippen molar-refractivity contribution in [3.63, 3.8) is 0 Å². The number of ether oxygens (including phenoxy) is 5. The van der Waals surface area contributed by atoms with Crippen LogP contribution in [0.4, 0.5) is 34.9 Å². The van der Waals surface area contributed by atoms with E-state index in [9.17, 15) is 14.7 Å². The van der Waals surface area contributed by atoms with Crippen LogP contribution in [0.5, 0.6) is 11.5 Å². The van der Waals surface area contributed by atoms with Crippen molar-refractivity contribution in [2.24, 2.45) is 0 Å². The smallest absolute Gasteiger partial charge is 1.00 e. The van der Waals surface area contributed by atoms with Gasteiger partial charge >= 0.3 is 115 Å². The number of rotatable bonds is 27. The minimum Gasteiger partial charge on any atom is -1.00 e. The van der Waals surface area contributed by atoms with Gasteiger partial charge in [-0.05, 0) is 152 Å². The van der Waals surface area contributed by atoms with Gasteiger partial charge in [-0.3, -0.25) is 23.5 Å². The summed E-state index contributed by atoms with van der Waals surface area (Å²) >= 11 is 3.36. The second kappa shape index (κ2) is 44.1. The summed E-state index contributed by atoms with van der Waals surface area (Å²) in [6.07, 6.45) is 31.5. The van der Waals surface area contributed by atoms with E-state index < -0.39 is 0 Å². The number of carbonyl (C=O) groups excluding carboxylic acids is 3. The summed E-state index contributed by atoms with van der Waals surface area (Å²) < 4.78 is 31.8. The topological polar surface area (TPSA) is 285 Å². The normalized spacial score (nSPS) is 16.6. The maximum Gasteiger partial charge on any atom is 1.00 e. The number of imidazole rings is 2. The zero-order valence-electron chi connectivity index (χ0n) is 53.8. The number of anilines is 6. The van der Waals surface area contributed by atoms with Crippen molar-refractivity contribution in [1.29, 1.82) is 0 Å². The van der Waals surface area contributed by atoms with E-state index in [1.807, 2.05) is 55.3 Å². The van der Waals surface area contributed by atoms with E-state index in [1.165, 1.54) is 51.4 Å². The number of aromatic nitrogens is 8. The molecule has 6 heterocycles. The summed E-state index contributed by atoms with van der Waals surface area (Å²) in [6, 6.07) is 15.6. The Morgan fingerprint density at radius 1 is 0.618 bits per heavy atom. The van der Waals surface area contributed by atoms with Crippen LogP contribution in [0.2, 0.25) is 0 Å². The average Bonchev–Trinajstić information content (AvgIpc) is 1.92. The van der Waals surface area contributed by atoms with Crippen LogP contribution in [0.15, 0.2) is 61.2 Å². The van der Waals surface area contributed by atoms with Gasteiger partial charge in [-0.1, -0.05) is 80.1 Å². The van der Waals surface area contributed by atoms with Crippen LogP contribution in [0, 0.1) is 0 Å². The van der Waals surface area contributed by atoms with Crippen molar-refractivity contribution in [3.05, 3.63) is 61.2 Å². The van der Waals surface area contributed by atoms with Gasteiger partial charge in [0.15, 0.2) is 34.0 Å². The van der Waals surface area contributed by atoms with E-state index in [0.29, 0.717) is 56.6 Å². The molecular weight excluding hydrogens is 1260 g/mol. The van der Waals surface area contributed by atoms with Gasteiger partial charge in [0.05, 0.1) is 32.5 Å². The Balaban J connectivity index is 0.000000309. The number of fused-ring (bicyclic) bond motifs is 2. The van der Waals surface area contributed by atoms with Crippen LogP contribution < -0.4 is 134 Å². The minimum absolute atomic E-state index is 0. The summed E-state index contributed by atoms with van der Waals surface area (Å²) in [7, 11) is 0. The second-order valence-electron chi connectivity index (χ2n) is 22.0. The molecule has 23 nitrogen and oxygen atoms in total. The molecule has 4 aromatic heterocycles. The molecular formula is C63H91BrK2N12O11. The maximum atomic E-state index is 11.4. The Morgan fingerprint density at radius 3 is 1.46 bits per heavy atom. The summed E-state index contributed by atoms with van der Waals surface area (Å²) in [6.45, 7) is 6.61. The number of alkyl halides is 1. The molecule has 2 saturated carbocycles. The predicted molar refractivity (Wildman–Crippen MR) is 337 cm³/mol. The standard InChI is InChI=1S/C31H44N6O4.C22H28N6O2.C9H17BrO2.CH2O3.2K.H/c1-2-39-27(38)15-8-3-4-10-20-40-25-18-16-24(17-19-25)34-31-35-29(33-23-12-6-5-7-13-23)28-30(36-31)37(22-32-28)26-14-9-11-21-41-26;29-17-11-9-16(10-12-17)25-22-26-20(24-15-6-2-1-3-7-15)19-21(27-22)28(14-23-19)18-8-4-5-13-30-18;1-2-12-9(11)7-5-3-4-6-8-10;2-1-4-3;;;/h16-19,22-23,26H,2-15,20-21H2,1H3,(H2,33,34,35,36);9-12,14-15,18,29H,1-8,13H2,(H2,24,25,26,27);2-8H2,1H3;1,3H;;;/q;;;;2*+1;-1/p-1. The number of phenols is 1. The molecule has 5 N–H and O–H groups in total. The van der Waals surface area contributed by atoms with E-state index in [1.54, 1.807) is 24.3 Å². The molecule has 10 rings (SSSR count). The number of hydrogen-bond acceptors (Lipinski definition) is 21. The number of benzene rings is 2. The van der Waals surface area contributed by atoms with Crippen molar-refractivity contribution < 1.29 is 158 Å². The molecule has 89 heavy (non-hydrogen) atoms. The number of phenolic OH excluding ortho intramolecular Hbond substituents is 1. The summed E-state index contributed by atoms with van der Waals surface area (Å²) in [5.41, 5.74) is 4.84. The maximum absolute atomic E-state index is 11.4. The fraction of sp³-hybridized carbons (Fsp3) is 0.603. The molecule has 0 radical (unpaired) electrons. The SMILES string of the molecule is CCOC(=O)CCCCCCBr.CCOC(=O)CCCCCCOc1ccc(Nc2nc(NC3CCCCC3)c3ncn(C4CCCCO4)c3n2)cc1.O=CO[O-].Oc1ccc(Nc2nc(NC3CCCCC3)c3ncn(C4CCCCO4)c3n2)cc1.[H-].[K+].[K+]. The summed E-state index contributed by atoms with van der Waals surface area (Å²) in [5.74, 6) is 3.47. The molecule has 0 amide bonds. The number of hydrogen-bond donors (Lipinski definition) is 5. The fourth-order valence-electron chi connectivity index (χ4n) is 10.9. The van der Waals surface area contributed by atoms with Gasteiger partial charge in [0.25, 0.3) is 6.47 Å². The van der Waals surface area contributed by atoms with Crippen molar-refractivity contribution in [2.75, 3.05) is 59.6 Å². The Hall–Kier alpha value is -3.62. The Labute approximate surface area is 618 Å². The monoisotopic (exact) mass is 1350 g/mol. The Bertz CT molecular complexity index is 2950. The van der Waals surface area contributed by atoms with E-state index >= 15 is 0 Å². The Kier molecular flexibility index (Phi) is 37.7. The van der Waals surface area contributed by atoms with Crippen LogP contribution in [0.3, 0.4) is 0 Å². The first kappa shape index (κ1) is 76.1. The van der Waals surface area contributed by atoms with Crippen LogP contribution in [0.1, 0.15) is 195 Å². The molecule has 2 aliphatic carbocycles.